The van der Waals surface area contributed by atoms with Crippen LogP contribution in [0.5, 0.6) is 0 Å². The van der Waals surface area contributed by atoms with Crippen molar-refractivity contribution in [3.8, 4) is 0 Å². The zero-order chi connectivity index (χ0) is 14.7. The van der Waals surface area contributed by atoms with Crippen LogP contribution in [0.2, 0.25) is 5.02 Å². The average molecular weight is 307 g/mol. The lowest BCUT2D eigenvalue weighted by molar-refractivity contribution is -0.142. The second-order valence-electron chi connectivity index (χ2n) is 6.34. The van der Waals surface area contributed by atoms with E-state index in [0.29, 0.717) is 5.91 Å². The number of amides is 1. The van der Waals surface area contributed by atoms with E-state index in [1.54, 1.807) is 0 Å². The van der Waals surface area contributed by atoms with Crippen molar-refractivity contribution in [2.45, 2.75) is 32.1 Å². The Labute approximate surface area is 131 Å². The summed E-state index contributed by atoms with van der Waals surface area (Å²) in [7, 11) is 0. The molecule has 1 aromatic carbocycles. The van der Waals surface area contributed by atoms with Crippen molar-refractivity contribution in [1.29, 1.82) is 0 Å². The Morgan fingerprint density at radius 2 is 1.95 bits per heavy atom. The number of benzene rings is 1. The Morgan fingerprint density at radius 3 is 2.62 bits per heavy atom. The summed E-state index contributed by atoms with van der Waals surface area (Å²) >= 11 is 6.10. The lowest BCUT2D eigenvalue weighted by Crippen LogP contribution is -2.52. The first-order chi connectivity index (χ1) is 10.2. The normalized spacial score (nSPS) is 21.5. The highest BCUT2D eigenvalue weighted by atomic mass is 35.5. The van der Waals surface area contributed by atoms with Gasteiger partial charge in [0.25, 0.3) is 0 Å². The molecule has 1 N–H and O–H groups in total. The number of hydrogen-bond donors (Lipinski definition) is 1. The minimum atomic E-state index is -0.192. The Kier molecular flexibility index (Phi) is 4.51. The fourth-order valence-electron chi connectivity index (χ4n) is 3.76. The second kappa shape index (κ2) is 6.37. The largest absolute Gasteiger partial charge is 0.340 e. The maximum absolute atomic E-state index is 13.1. The average Bonchev–Trinajstić information content (AvgIpc) is 2.97. The fourth-order valence-corrected chi connectivity index (χ4v) is 3.97. The van der Waals surface area contributed by atoms with Gasteiger partial charge in [-0.25, -0.2) is 0 Å². The van der Waals surface area contributed by atoms with Gasteiger partial charge in [0.2, 0.25) is 5.91 Å². The molecule has 2 aliphatic rings. The highest BCUT2D eigenvalue weighted by Crippen LogP contribution is 2.42. The Balaban J connectivity index is 1.80. The molecule has 1 amide bonds. The van der Waals surface area contributed by atoms with E-state index in [0.717, 1.165) is 50.5 Å². The molecule has 0 atom stereocenters. The molecule has 1 aliphatic heterocycles. The van der Waals surface area contributed by atoms with Crippen LogP contribution in [-0.2, 0) is 11.2 Å². The third kappa shape index (κ3) is 3.24. The summed E-state index contributed by atoms with van der Waals surface area (Å²) in [6.45, 7) is 3.52. The van der Waals surface area contributed by atoms with Crippen molar-refractivity contribution in [3.63, 3.8) is 0 Å². The van der Waals surface area contributed by atoms with E-state index in [1.165, 1.54) is 18.4 Å². The van der Waals surface area contributed by atoms with Gasteiger partial charge in [0.1, 0.15) is 0 Å². The second-order valence-corrected chi connectivity index (χ2v) is 6.77. The topological polar surface area (TPSA) is 32.3 Å². The van der Waals surface area contributed by atoms with Crippen LogP contribution in [0, 0.1) is 5.41 Å². The first-order valence-corrected chi connectivity index (χ1v) is 8.32. The minimum absolute atomic E-state index is 0.192. The molecule has 1 heterocycles. The summed E-state index contributed by atoms with van der Waals surface area (Å²) < 4.78 is 0. The van der Waals surface area contributed by atoms with E-state index in [1.807, 2.05) is 18.2 Å². The van der Waals surface area contributed by atoms with Crippen LogP contribution in [0.15, 0.2) is 24.3 Å². The molecule has 1 aliphatic carbocycles. The van der Waals surface area contributed by atoms with Crippen molar-refractivity contribution >= 4 is 17.5 Å². The van der Waals surface area contributed by atoms with Gasteiger partial charge in [-0.1, -0.05) is 36.6 Å². The summed E-state index contributed by atoms with van der Waals surface area (Å²) in [5.41, 5.74) is 0.995. The van der Waals surface area contributed by atoms with Gasteiger partial charge in [0.15, 0.2) is 0 Å². The first-order valence-electron chi connectivity index (χ1n) is 7.94. The van der Waals surface area contributed by atoms with Gasteiger partial charge in [-0.15, -0.1) is 0 Å². The van der Waals surface area contributed by atoms with Crippen molar-refractivity contribution < 1.29 is 4.79 Å². The third-order valence-electron chi connectivity index (χ3n) is 4.85. The standard InChI is InChI=1S/C17H23ClN2O/c18-15-5-3-4-14(12-15)13-17(6-1-2-7-17)16(21)20-10-8-19-9-11-20/h3-5,12,19H,1-2,6-11,13H2. The van der Waals surface area contributed by atoms with E-state index in [-0.39, 0.29) is 5.41 Å². The number of piperazine rings is 1. The summed E-state index contributed by atoms with van der Waals surface area (Å²) in [5, 5.41) is 4.08. The lowest BCUT2D eigenvalue weighted by atomic mass is 9.78. The maximum atomic E-state index is 13.1. The lowest BCUT2D eigenvalue weighted by Gasteiger charge is -2.37. The molecule has 21 heavy (non-hydrogen) atoms. The van der Waals surface area contributed by atoms with Crippen molar-refractivity contribution in [1.82, 2.24) is 10.2 Å². The number of nitrogens with zero attached hydrogens (tertiary/aromatic N) is 1. The van der Waals surface area contributed by atoms with Crippen molar-refractivity contribution in [2.75, 3.05) is 26.2 Å². The van der Waals surface area contributed by atoms with Crippen LogP contribution < -0.4 is 5.32 Å². The van der Waals surface area contributed by atoms with Crippen molar-refractivity contribution in [2.24, 2.45) is 5.41 Å². The van der Waals surface area contributed by atoms with E-state index >= 15 is 0 Å². The summed E-state index contributed by atoms with van der Waals surface area (Å²) in [6.07, 6.45) is 5.19. The van der Waals surface area contributed by atoms with E-state index < -0.39 is 0 Å². The number of carbonyl (C=O) groups excluding carboxylic acids is 1. The molecular weight excluding hydrogens is 284 g/mol. The Bertz CT molecular complexity index is 505. The zero-order valence-electron chi connectivity index (χ0n) is 12.4. The van der Waals surface area contributed by atoms with Gasteiger partial charge in [-0.2, -0.15) is 0 Å². The highest BCUT2D eigenvalue weighted by Gasteiger charge is 2.43. The van der Waals surface area contributed by atoms with Crippen LogP contribution in [0.3, 0.4) is 0 Å². The molecule has 0 aromatic heterocycles. The quantitative estimate of drug-likeness (QED) is 0.931. The molecule has 114 valence electrons. The number of hydrogen-bond acceptors (Lipinski definition) is 2. The molecular formula is C17H23ClN2O. The third-order valence-corrected chi connectivity index (χ3v) is 5.09. The predicted octanol–water partition coefficient (Wildman–Crippen LogP) is 2.87. The van der Waals surface area contributed by atoms with Crippen LogP contribution in [-0.4, -0.2) is 37.0 Å². The Morgan fingerprint density at radius 1 is 1.24 bits per heavy atom. The first kappa shape index (κ1) is 14.9. The van der Waals surface area contributed by atoms with Gasteiger partial charge >= 0.3 is 0 Å². The maximum Gasteiger partial charge on any atom is 0.229 e. The SMILES string of the molecule is O=C(N1CCNCC1)C1(Cc2cccc(Cl)c2)CCCC1. The summed E-state index contributed by atoms with van der Waals surface area (Å²) in [4.78, 5) is 15.1. The van der Waals surface area contributed by atoms with Gasteiger partial charge < -0.3 is 10.2 Å². The minimum Gasteiger partial charge on any atom is -0.340 e. The smallest absolute Gasteiger partial charge is 0.229 e. The van der Waals surface area contributed by atoms with Crippen LogP contribution in [0.1, 0.15) is 31.2 Å². The summed E-state index contributed by atoms with van der Waals surface area (Å²) in [6, 6.07) is 7.98. The van der Waals surface area contributed by atoms with Crippen molar-refractivity contribution in [3.05, 3.63) is 34.9 Å². The van der Waals surface area contributed by atoms with Gasteiger partial charge in [-0.05, 0) is 37.0 Å². The number of rotatable bonds is 3. The molecule has 3 rings (SSSR count). The molecule has 2 fully saturated rings. The van der Waals surface area contributed by atoms with Crippen LogP contribution in [0.25, 0.3) is 0 Å². The van der Waals surface area contributed by atoms with E-state index in [4.69, 9.17) is 11.6 Å². The number of carbonyl (C=O) groups is 1. The van der Waals surface area contributed by atoms with Crippen LogP contribution in [0.4, 0.5) is 0 Å². The molecule has 0 radical (unpaired) electrons. The number of nitrogens with one attached hydrogen (secondary N) is 1. The molecule has 1 saturated carbocycles. The molecule has 3 nitrogen and oxygen atoms in total. The molecule has 0 bridgehead atoms. The molecule has 0 spiro atoms. The highest BCUT2D eigenvalue weighted by molar-refractivity contribution is 6.30. The summed E-state index contributed by atoms with van der Waals surface area (Å²) in [5.74, 6) is 0.362. The van der Waals surface area contributed by atoms with E-state index in [9.17, 15) is 4.79 Å². The Hall–Kier alpha value is -1.06. The van der Waals surface area contributed by atoms with Gasteiger partial charge in [-0.3, -0.25) is 4.79 Å². The molecule has 1 saturated heterocycles. The zero-order valence-corrected chi connectivity index (χ0v) is 13.2. The van der Waals surface area contributed by atoms with Crippen LogP contribution >= 0.6 is 11.6 Å². The number of halogens is 1. The van der Waals surface area contributed by atoms with Gasteiger partial charge in [0.05, 0.1) is 5.41 Å². The predicted molar refractivity (Wildman–Crippen MR) is 85.5 cm³/mol. The molecule has 0 unspecified atom stereocenters. The fraction of sp³-hybridized carbons (Fsp3) is 0.588. The van der Waals surface area contributed by atoms with Gasteiger partial charge in [0, 0.05) is 31.2 Å². The molecule has 1 aromatic rings. The molecule has 4 heteroatoms. The van der Waals surface area contributed by atoms with E-state index in [2.05, 4.69) is 16.3 Å². The monoisotopic (exact) mass is 306 g/mol.